The van der Waals surface area contributed by atoms with E-state index >= 15 is 0 Å². The van der Waals surface area contributed by atoms with Crippen molar-refractivity contribution in [3.05, 3.63) is 70.7 Å². The van der Waals surface area contributed by atoms with Gasteiger partial charge in [-0.3, -0.25) is 4.79 Å². The van der Waals surface area contributed by atoms with Gasteiger partial charge in [-0.2, -0.15) is 5.10 Å². The zero-order valence-electron chi connectivity index (χ0n) is 15.1. The highest BCUT2D eigenvalue weighted by atomic mass is 32.2. The fraction of sp³-hybridized carbons (Fsp3) is 0.263. The van der Waals surface area contributed by atoms with Crippen molar-refractivity contribution >= 4 is 9.84 Å². The maximum Gasteiger partial charge on any atom is 0.250 e. The number of nitrogens with zero attached hydrogens (tertiary/aromatic N) is 3. The molecule has 0 saturated heterocycles. The van der Waals surface area contributed by atoms with Gasteiger partial charge in [-0.05, 0) is 24.1 Å². The van der Waals surface area contributed by atoms with Gasteiger partial charge in [0.2, 0.25) is 0 Å². The summed E-state index contributed by atoms with van der Waals surface area (Å²) in [5.74, 6) is -0.714. The Labute approximate surface area is 156 Å². The van der Waals surface area contributed by atoms with Gasteiger partial charge in [-0.25, -0.2) is 17.5 Å². The van der Waals surface area contributed by atoms with Crippen molar-refractivity contribution in [1.29, 1.82) is 0 Å². The third-order valence-electron chi connectivity index (χ3n) is 4.05. The van der Waals surface area contributed by atoms with Gasteiger partial charge in [0.15, 0.2) is 9.84 Å². The maximum atomic E-state index is 14.5. The summed E-state index contributed by atoms with van der Waals surface area (Å²) >= 11 is 0. The van der Waals surface area contributed by atoms with Crippen molar-refractivity contribution in [2.75, 3.05) is 6.26 Å². The number of aromatic nitrogens is 3. The van der Waals surface area contributed by atoms with Crippen LogP contribution in [0.25, 0.3) is 16.8 Å². The molecule has 0 amide bonds. The Bertz CT molecular complexity index is 1130. The summed E-state index contributed by atoms with van der Waals surface area (Å²) in [7, 11) is -3.23. The molecule has 0 bridgehead atoms. The molecular formula is C19H20FN3O3S. The Kier molecular flexibility index (Phi) is 5.27. The highest BCUT2D eigenvalue weighted by Crippen LogP contribution is 2.24. The molecule has 27 heavy (non-hydrogen) atoms. The van der Waals surface area contributed by atoms with E-state index in [1.807, 2.05) is 6.92 Å². The third-order valence-corrected chi connectivity index (χ3v) is 4.91. The zero-order valence-corrected chi connectivity index (χ0v) is 15.9. The van der Waals surface area contributed by atoms with Crippen LogP contribution in [0, 0.1) is 5.82 Å². The average molecular weight is 389 g/mol. The van der Waals surface area contributed by atoms with Crippen molar-refractivity contribution in [2.45, 2.75) is 25.6 Å². The molecule has 6 nitrogen and oxygen atoms in total. The van der Waals surface area contributed by atoms with Gasteiger partial charge in [0.25, 0.3) is 5.56 Å². The molecule has 0 saturated carbocycles. The van der Waals surface area contributed by atoms with Crippen LogP contribution in [0.15, 0.2) is 53.7 Å². The number of rotatable bonds is 6. The predicted octanol–water partition coefficient (Wildman–Crippen LogP) is 2.79. The molecule has 142 valence electrons. The van der Waals surface area contributed by atoms with Gasteiger partial charge in [0.1, 0.15) is 5.82 Å². The van der Waals surface area contributed by atoms with Crippen LogP contribution in [0.1, 0.15) is 18.9 Å². The van der Waals surface area contributed by atoms with Crippen LogP contribution in [0.4, 0.5) is 4.39 Å². The van der Waals surface area contributed by atoms with Gasteiger partial charge < -0.3 is 4.57 Å². The molecule has 2 aromatic heterocycles. The number of aryl methyl sites for hydroxylation is 1. The number of halogens is 1. The first kappa shape index (κ1) is 19.0. The highest BCUT2D eigenvalue weighted by molar-refractivity contribution is 7.89. The summed E-state index contributed by atoms with van der Waals surface area (Å²) in [5, 5.41) is 4.26. The Morgan fingerprint density at radius 3 is 2.59 bits per heavy atom. The number of benzene rings is 1. The van der Waals surface area contributed by atoms with E-state index in [1.165, 1.54) is 18.3 Å². The Hall–Kier alpha value is -2.74. The first-order chi connectivity index (χ1) is 12.8. The molecule has 0 aliphatic carbocycles. The molecule has 0 fully saturated rings. The highest BCUT2D eigenvalue weighted by Gasteiger charge is 2.12. The Balaban J connectivity index is 1.92. The first-order valence-corrected chi connectivity index (χ1v) is 10.5. The average Bonchev–Trinajstić information content (AvgIpc) is 3.05. The second-order valence-electron chi connectivity index (χ2n) is 6.48. The molecule has 1 aromatic carbocycles. The maximum absolute atomic E-state index is 14.5. The van der Waals surface area contributed by atoms with Crippen LogP contribution in [-0.4, -0.2) is 29.0 Å². The van der Waals surface area contributed by atoms with E-state index in [0.29, 0.717) is 28.9 Å². The van der Waals surface area contributed by atoms with Crippen molar-refractivity contribution in [3.8, 4) is 16.8 Å². The van der Waals surface area contributed by atoms with Crippen LogP contribution in [0.3, 0.4) is 0 Å². The van der Waals surface area contributed by atoms with Gasteiger partial charge in [0.05, 0.1) is 17.6 Å². The predicted molar refractivity (Wildman–Crippen MR) is 102 cm³/mol. The monoisotopic (exact) mass is 389 g/mol. The summed E-state index contributed by atoms with van der Waals surface area (Å²) in [5.41, 5.74) is 1.91. The summed E-state index contributed by atoms with van der Waals surface area (Å²) < 4.78 is 40.4. The molecular weight excluding hydrogens is 369 g/mol. The van der Waals surface area contributed by atoms with Gasteiger partial charge in [0, 0.05) is 42.4 Å². The summed E-state index contributed by atoms with van der Waals surface area (Å²) in [6.07, 6.45) is 6.86. The van der Waals surface area contributed by atoms with Crippen molar-refractivity contribution in [2.24, 2.45) is 0 Å². The molecule has 0 aliphatic heterocycles. The van der Waals surface area contributed by atoms with E-state index in [4.69, 9.17) is 0 Å². The molecule has 0 N–H and O–H groups in total. The van der Waals surface area contributed by atoms with Crippen molar-refractivity contribution in [3.63, 3.8) is 0 Å². The minimum atomic E-state index is -3.23. The van der Waals surface area contributed by atoms with E-state index in [1.54, 1.807) is 39.8 Å². The molecule has 3 aromatic rings. The molecule has 3 rings (SSSR count). The van der Waals surface area contributed by atoms with Crippen molar-refractivity contribution in [1.82, 2.24) is 14.3 Å². The standard InChI is InChI=1S/C19H20FN3O3S/c1-3-8-22-12-16(5-7-19(22)24)23-11-15(10-21-23)17-6-4-14(9-18(17)20)13-27(2,25)26/h4-7,9-12H,3,8,13H2,1-2H3. The van der Waals surface area contributed by atoms with Gasteiger partial charge >= 0.3 is 0 Å². The fourth-order valence-electron chi connectivity index (χ4n) is 2.86. The number of sulfone groups is 1. The molecule has 0 spiro atoms. The lowest BCUT2D eigenvalue weighted by Crippen LogP contribution is -2.19. The van der Waals surface area contributed by atoms with Crippen LogP contribution in [0.2, 0.25) is 0 Å². The lowest BCUT2D eigenvalue weighted by molar-refractivity contribution is 0.600. The van der Waals surface area contributed by atoms with E-state index in [9.17, 15) is 17.6 Å². The van der Waals surface area contributed by atoms with E-state index in [-0.39, 0.29) is 11.3 Å². The lowest BCUT2D eigenvalue weighted by Gasteiger charge is -2.07. The van der Waals surface area contributed by atoms with Crippen molar-refractivity contribution < 1.29 is 12.8 Å². The minimum absolute atomic E-state index is 0.0829. The number of pyridine rings is 1. The fourth-order valence-corrected chi connectivity index (χ4v) is 3.64. The first-order valence-electron chi connectivity index (χ1n) is 8.49. The summed E-state index contributed by atoms with van der Waals surface area (Å²) in [4.78, 5) is 11.8. The minimum Gasteiger partial charge on any atom is -0.313 e. The van der Waals surface area contributed by atoms with Gasteiger partial charge in [-0.15, -0.1) is 0 Å². The third kappa shape index (κ3) is 4.51. The molecule has 2 heterocycles. The number of hydrogen-bond acceptors (Lipinski definition) is 4. The van der Waals surface area contributed by atoms with Crippen LogP contribution >= 0.6 is 0 Å². The topological polar surface area (TPSA) is 74.0 Å². The smallest absolute Gasteiger partial charge is 0.250 e. The lowest BCUT2D eigenvalue weighted by atomic mass is 10.1. The van der Waals surface area contributed by atoms with Gasteiger partial charge in [-0.1, -0.05) is 19.1 Å². The second kappa shape index (κ2) is 7.48. The van der Waals surface area contributed by atoms with E-state index in [2.05, 4.69) is 5.10 Å². The Morgan fingerprint density at radius 2 is 1.93 bits per heavy atom. The zero-order chi connectivity index (χ0) is 19.6. The molecule has 0 unspecified atom stereocenters. The second-order valence-corrected chi connectivity index (χ2v) is 8.62. The molecule has 0 aliphatic rings. The SMILES string of the molecule is CCCn1cc(-n2cc(-c3ccc(CS(C)(=O)=O)cc3F)cn2)ccc1=O. The Morgan fingerprint density at radius 1 is 1.15 bits per heavy atom. The van der Waals surface area contributed by atoms with Crippen LogP contribution in [-0.2, 0) is 22.1 Å². The number of hydrogen-bond donors (Lipinski definition) is 0. The quantitative estimate of drug-likeness (QED) is 0.650. The largest absolute Gasteiger partial charge is 0.313 e. The summed E-state index contributed by atoms with van der Waals surface area (Å²) in [6, 6.07) is 7.52. The molecule has 0 atom stereocenters. The normalized spacial score (nSPS) is 11.7. The van der Waals surface area contributed by atoms with E-state index in [0.717, 1.165) is 12.7 Å². The van der Waals surface area contributed by atoms with Crippen LogP contribution in [0.5, 0.6) is 0 Å². The summed E-state index contributed by atoms with van der Waals surface area (Å²) in [6.45, 7) is 2.60. The van der Waals surface area contributed by atoms with Crippen LogP contribution < -0.4 is 5.56 Å². The molecule has 0 radical (unpaired) electrons. The van der Waals surface area contributed by atoms with E-state index < -0.39 is 15.7 Å². The molecule has 8 heteroatoms.